The fourth-order valence-electron chi connectivity index (χ4n) is 2.76. The predicted octanol–water partition coefficient (Wildman–Crippen LogP) is 1.05. The van der Waals surface area contributed by atoms with Crippen LogP contribution in [-0.2, 0) is 14.3 Å². The second-order valence-electron chi connectivity index (χ2n) is 6.32. The lowest BCUT2D eigenvalue weighted by molar-refractivity contribution is -0.125. The number of ether oxygens (including phenoxy) is 1. The molecule has 2 aliphatic heterocycles. The largest absolute Gasteiger partial charge is 0.376 e. The summed E-state index contributed by atoms with van der Waals surface area (Å²) in [6.07, 6.45) is 2.02. The third kappa shape index (κ3) is 3.89. The van der Waals surface area contributed by atoms with Crippen LogP contribution in [0.5, 0.6) is 0 Å². The first-order valence-electron chi connectivity index (χ1n) is 7.76. The summed E-state index contributed by atoms with van der Waals surface area (Å²) >= 11 is 1.10. The van der Waals surface area contributed by atoms with Gasteiger partial charge in [-0.05, 0) is 12.8 Å². The minimum absolute atomic E-state index is 0.0672. The second-order valence-corrected chi connectivity index (χ2v) is 7.30. The van der Waals surface area contributed by atoms with Gasteiger partial charge in [-0.2, -0.15) is 10.5 Å². The zero-order valence-corrected chi connectivity index (χ0v) is 14.5. The summed E-state index contributed by atoms with van der Waals surface area (Å²) in [4.78, 5) is 24.0. The van der Waals surface area contributed by atoms with Gasteiger partial charge in [0.1, 0.15) is 5.92 Å². The molecule has 0 unspecified atom stereocenters. The molecule has 0 saturated carbocycles. The third-order valence-corrected chi connectivity index (χ3v) is 5.23. The van der Waals surface area contributed by atoms with E-state index in [-0.39, 0.29) is 17.8 Å². The average Bonchev–Trinajstić information content (AvgIpc) is 3.03. The highest BCUT2D eigenvalue weighted by atomic mass is 32.2. The van der Waals surface area contributed by atoms with E-state index >= 15 is 0 Å². The number of nitriles is 2. The van der Waals surface area contributed by atoms with Crippen molar-refractivity contribution in [2.24, 2.45) is 11.3 Å². The Balaban J connectivity index is 1.98. The van der Waals surface area contributed by atoms with E-state index in [2.05, 4.69) is 16.7 Å². The summed E-state index contributed by atoms with van der Waals surface area (Å²) in [6.45, 7) is 4.58. The van der Waals surface area contributed by atoms with Crippen molar-refractivity contribution in [3.05, 3.63) is 10.6 Å². The van der Waals surface area contributed by atoms with Crippen LogP contribution in [0.2, 0.25) is 0 Å². The van der Waals surface area contributed by atoms with E-state index in [1.165, 1.54) is 0 Å². The maximum Gasteiger partial charge on any atom is 0.243 e. The van der Waals surface area contributed by atoms with Crippen LogP contribution in [0, 0.1) is 34.0 Å². The van der Waals surface area contributed by atoms with Crippen LogP contribution in [0.15, 0.2) is 10.6 Å². The molecule has 2 aliphatic rings. The Hall–Kier alpha value is -2.03. The smallest absolute Gasteiger partial charge is 0.243 e. The number of nitrogens with one attached hydrogen (secondary N) is 2. The summed E-state index contributed by atoms with van der Waals surface area (Å²) in [5, 5.41) is 24.3. The first kappa shape index (κ1) is 18.3. The molecule has 24 heavy (non-hydrogen) atoms. The molecule has 0 aromatic rings. The topological polar surface area (TPSA) is 115 Å². The van der Waals surface area contributed by atoms with Gasteiger partial charge in [0.15, 0.2) is 0 Å². The number of thioether (sulfide) groups is 1. The Labute approximate surface area is 145 Å². The van der Waals surface area contributed by atoms with Gasteiger partial charge in [-0.15, -0.1) is 0 Å². The van der Waals surface area contributed by atoms with Gasteiger partial charge in [-0.3, -0.25) is 9.59 Å². The first-order chi connectivity index (χ1) is 11.4. The fraction of sp³-hybridized carbons (Fsp3) is 0.625. The highest BCUT2D eigenvalue weighted by molar-refractivity contribution is 8.03. The maximum atomic E-state index is 12.0. The highest BCUT2D eigenvalue weighted by Crippen LogP contribution is 2.41. The van der Waals surface area contributed by atoms with Gasteiger partial charge in [-0.1, -0.05) is 25.6 Å². The maximum absolute atomic E-state index is 12.0. The highest BCUT2D eigenvalue weighted by Gasteiger charge is 2.44. The molecular formula is C16H20N4O3S. The molecule has 1 fully saturated rings. The van der Waals surface area contributed by atoms with Crippen LogP contribution in [0.3, 0.4) is 0 Å². The minimum atomic E-state index is -0.926. The quantitative estimate of drug-likeness (QED) is 0.767. The zero-order valence-electron chi connectivity index (χ0n) is 13.7. The van der Waals surface area contributed by atoms with E-state index in [0.29, 0.717) is 17.1 Å². The molecule has 0 radical (unpaired) electrons. The molecule has 0 aromatic heterocycles. The molecule has 0 aliphatic carbocycles. The van der Waals surface area contributed by atoms with E-state index < -0.39 is 17.2 Å². The predicted molar refractivity (Wildman–Crippen MR) is 88.1 cm³/mol. The van der Waals surface area contributed by atoms with Crippen LogP contribution in [0.25, 0.3) is 0 Å². The van der Waals surface area contributed by atoms with Crippen molar-refractivity contribution in [2.75, 3.05) is 18.9 Å². The van der Waals surface area contributed by atoms with Crippen LogP contribution in [-0.4, -0.2) is 36.8 Å². The summed E-state index contributed by atoms with van der Waals surface area (Å²) in [5.74, 6) is -1.47. The number of allylic oxidation sites excluding steroid dienone is 1. The van der Waals surface area contributed by atoms with Gasteiger partial charge in [0.05, 0.1) is 34.6 Å². The molecule has 1 saturated heterocycles. The van der Waals surface area contributed by atoms with Crippen LogP contribution in [0.1, 0.15) is 26.7 Å². The Kier molecular flexibility index (Phi) is 5.87. The van der Waals surface area contributed by atoms with Gasteiger partial charge in [0, 0.05) is 18.6 Å². The number of hydrogen-bond donors (Lipinski definition) is 2. The number of carbonyl (C=O) groups excluding carboxylic acids is 2. The van der Waals surface area contributed by atoms with Crippen molar-refractivity contribution < 1.29 is 14.3 Å². The van der Waals surface area contributed by atoms with Gasteiger partial charge in [-0.25, -0.2) is 0 Å². The summed E-state index contributed by atoms with van der Waals surface area (Å²) in [5.41, 5.74) is -0.562. The van der Waals surface area contributed by atoms with E-state index in [1.807, 2.05) is 6.07 Å². The third-order valence-electron chi connectivity index (χ3n) is 4.23. The van der Waals surface area contributed by atoms with Crippen molar-refractivity contribution in [3.8, 4) is 12.1 Å². The monoisotopic (exact) mass is 348 g/mol. The molecule has 2 rings (SSSR count). The number of rotatable bonds is 5. The van der Waals surface area contributed by atoms with E-state index in [4.69, 9.17) is 10.00 Å². The fourth-order valence-corrected chi connectivity index (χ4v) is 3.76. The molecule has 2 heterocycles. The molecule has 2 atom stereocenters. The molecule has 0 spiro atoms. The minimum Gasteiger partial charge on any atom is -0.376 e. The summed E-state index contributed by atoms with van der Waals surface area (Å²) in [6, 6.07) is 4.02. The second kappa shape index (κ2) is 7.69. The van der Waals surface area contributed by atoms with Crippen molar-refractivity contribution in [2.45, 2.75) is 32.8 Å². The Morgan fingerprint density at radius 2 is 2.25 bits per heavy atom. The summed E-state index contributed by atoms with van der Waals surface area (Å²) < 4.78 is 5.44. The van der Waals surface area contributed by atoms with E-state index in [9.17, 15) is 14.9 Å². The standard InChI is InChI=1S/C16H20N4O3S/c1-16(2)11(6-17)14(22)20-15(12(16)7-18)24-9-13(21)19-8-10-4-3-5-23-10/h10-11H,3-5,8-9H2,1-2H3,(H,19,21)(H,20,22)/t10-,11-/m1/s1. The van der Waals surface area contributed by atoms with E-state index in [1.54, 1.807) is 13.8 Å². The molecule has 8 heteroatoms. The SMILES string of the molecule is CC1(C)C(C#N)=C(SCC(=O)NC[C@H]2CCCO2)NC(=O)[C@H]1C#N. The average molecular weight is 348 g/mol. The molecule has 2 N–H and O–H groups in total. The summed E-state index contributed by atoms with van der Waals surface area (Å²) in [7, 11) is 0. The normalized spacial score (nSPS) is 25.6. The van der Waals surface area contributed by atoms with Crippen LogP contribution < -0.4 is 10.6 Å². The number of hydrogen-bond acceptors (Lipinski definition) is 6. The van der Waals surface area contributed by atoms with E-state index in [0.717, 1.165) is 31.2 Å². The first-order valence-corrected chi connectivity index (χ1v) is 8.75. The molecule has 2 amide bonds. The molecule has 7 nitrogen and oxygen atoms in total. The number of amides is 2. The lowest BCUT2D eigenvalue weighted by Crippen LogP contribution is -2.44. The van der Waals surface area contributed by atoms with Crippen LogP contribution >= 0.6 is 11.8 Å². The lowest BCUT2D eigenvalue weighted by atomic mass is 9.72. The molecule has 0 bridgehead atoms. The lowest BCUT2D eigenvalue weighted by Gasteiger charge is -2.34. The Morgan fingerprint density at radius 3 is 2.83 bits per heavy atom. The van der Waals surface area contributed by atoms with Gasteiger partial charge >= 0.3 is 0 Å². The van der Waals surface area contributed by atoms with Crippen molar-refractivity contribution in [3.63, 3.8) is 0 Å². The van der Waals surface area contributed by atoms with Gasteiger partial charge in [0.2, 0.25) is 11.8 Å². The molecular weight excluding hydrogens is 328 g/mol. The Bertz CT molecular complexity index is 639. The van der Waals surface area contributed by atoms with Gasteiger partial charge in [0.25, 0.3) is 0 Å². The molecule has 128 valence electrons. The zero-order chi connectivity index (χ0) is 17.7. The van der Waals surface area contributed by atoms with Crippen LogP contribution in [0.4, 0.5) is 0 Å². The van der Waals surface area contributed by atoms with Crippen molar-refractivity contribution in [1.29, 1.82) is 10.5 Å². The number of carbonyl (C=O) groups is 2. The number of nitrogens with zero attached hydrogens (tertiary/aromatic N) is 2. The molecule has 0 aromatic carbocycles. The van der Waals surface area contributed by atoms with Gasteiger partial charge < -0.3 is 15.4 Å². The van der Waals surface area contributed by atoms with Crippen molar-refractivity contribution in [1.82, 2.24) is 10.6 Å². The Morgan fingerprint density at radius 1 is 1.50 bits per heavy atom. The van der Waals surface area contributed by atoms with Crippen molar-refractivity contribution >= 4 is 23.6 Å².